The molecule has 3 heterocycles. The van der Waals surface area contributed by atoms with Crippen molar-refractivity contribution in [3.05, 3.63) is 65.0 Å². The molecule has 0 aliphatic rings. The molecule has 0 bridgehead atoms. The van der Waals surface area contributed by atoms with Crippen molar-refractivity contribution >= 4 is 34.3 Å². The number of aromatic amines is 1. The quantitative estimate of drug-likeness (QED) is 0.489. The lowest BCUT2D eigenvalue weighted by Crippen LogP contribution is -2.06. The van der Waals surface area contributed by atoms with Crippen LogP contribution in [-0.4, -0.2) is 19.9 Å². The molecule has 6 nitrogen and oxygen atoms in total. The van der Waals surface area contributed by atoms with Crippen LogP contribution in [0.2, 0.25) is 5.02 Å². The number of nitrogens with one attached hydrogen (secondary N) is 2. The van der Waals surface area contributed by atoms with Crippen LogP contribution in [0.15, 0.2) is 42.7 Å². The summed E-state index contributed by atoms with van der Waals surface area (Å²) in [5, 5.41) is 4.35. The molecule has 0 radical (unpaired) electrons. The predicted octanol–water partition coefficient (Wildman–Crippen LogP) is 4.32. The molecule has 0 aliphatic heterocycles. The molecule has 3 aromatic heterocycles. The Balaban J connectivity index is 1.79. The lowest BCUT2D eigenvalue weighted by molar-refractivity contribution is 0.613. The Bertz CT molecular complexity index is 1120. The number of anilines is 2. The number of nitrogens with zero attached hydrogens (tertiary/aromatic N) is 3. The molecule has 4 aromatic rings. The minimum atomic E-state index is -0.367. The van der Waals surface area contributed by atoms with E-state index in [-0.39, 0.29) is 12.4 Å². The number of hydrogen-bond acceptors (Lipinski definition) is 5. The van der Waals surface area contributed by atoms with Crippen LogP contribution in [0.1, 0.15) is 11.4 Å². The highest BCUT2D eigenvalue weighted by Gasteiger charge is 2.15. The van der Waals surface area contributed by atoms with Crippen molar-refractivity contribution in [1.29, 1.82) is 0 Å². The van der Waals surface area contributed by atoms with Gasteiger partial charge in [0, 0.05) is 35.1 Å². The van der Waals surface area contributed by atoms with E-state index in [0.717, 1.165) is 16.5 Å². The van der Waals surface area contributed by atoms with Gasteiger partial charge in [-0.05, 0) is 36.8 Å². The van der Waals surface area contributed by atoms with Gasteiger partial charge in [-0.1, -0.05) is 17.7 Å². The van der Waals surface area contributed by atoms with Crippen molar-refractivity contribution in [3.8, 4) is 11.1 Å². The van der Waals surface area contributed by atoms with Crippen LogP contribution in [0, 0.1) is 12.7 Å². The molecule has 0 saturated carbocycles. The third kappa shape index (κ3) is 3.29. The third-order valence-corrected chi connectivity index (χ3v) is 4.58. The van der Waals surface area contributed by atoms with Gasteiger partial charge in [0.25, 0.3) is 0 Å². The molecule has 0 atom stereocenters. The highest BCUT2D eigenvalue weighted by atomic mass is 35.5. The fourth-order valence-corrected chi connectivity index (χ4v) is 3.22. The van der Waals surface area contributed by atoms with Gasteiger partial charge in [0.1, 0.15) is 28.9 Å². The first-order valence-electron chi connectivity index (χ1n) is 8.27. The number of hydrogen-bond donors (Lipinski definition) is 3. The van der Waals surface area contributed by atoms with Gasteiger partial charge in [-0.2, -0.15) is 0 Å². The molecular weight excluding hydrogens is 367 g/mol. The van der Waals surface area contributed by atoms with Crippen molar-refractivity contribution in [3.63, 3.8) is 0 Å². The summed E-state index contributed by atoms with van der Waals surface area (Å²) >= 11 is 6.13. The maximum absolute atomic E-state index is 14.1. The van der Waals surface area contributed by atoms with E-state index in [4.69, 9.17) is 17.3 Å². The summed E-state index contributed by atoms with van der Waals surface area (Å²) in [7, 11) is 0. The van der Waals surface area contributed by atoms with Crippen LogP contribution >= 0.6 is 11.6 Å². The number of halogens is 2. The van der Waals surface area contributed by atoms with E-state index >= 15 is 0 Å². The smallest absolute Gasteiger partial charge is 0.143 e. The average Bonchev–Trinajstić information content (AvgIpc) is 3.05. The lowest BCUT2D eigenvalue weighted by atomic mass is 10.1. The zero-order valence-electron chi connectivity index (χ0n) is 14.4. The Morgan fingerprint density at radius 1 is 1.26 bits per heavy atom. The monoisotopic (exact) mass is 382 g/mol. The summed E-state index contributed by atoms with van der Waals surface area (Å²) in [6, 6.07) is 8.25. The number of aryl methyl sites for hydroxylation is 1. The summed E-state index contributed by atoms with van der Waals surface area (Å²) in [4.78, 5) is 16.1. The van der Waals surface area contributed by atoms with Crippen LogP contribution in [-0.2, 0) is 6.54 Å². The van der Waals surface area contributed by atoms with E-state index < -0.39 is 0 Å². The van der Waals surface area contributed by atoms with E-state index in [9.17, 15) is 4.39 Å². The maximum atomic E-state index is 14.1. The van der Waals surface area contributed by atoms with Gasteiger partial charge in [0.2, 0.25) is 0 Å². The van der Waals surface area contributed by atoms with Crippen LogP contribution in [0.3, 0.4) is 0 Å². The molecule has 0 fully saturated rings. The van der Waals surface area contributed by atoms with Crippen molar-refractivity contribution < 1.29 is 4.39 Å². The number of rotatable bonds is 4. The standard InChI is InChI=1S/C19H16ClFN6/c1-10-26-18-17(12(8-24-18)11-5-6-23-16(22)7-11)19(27-10)25-9-13-14(20)3-2-4-15(13)21/h2-8H,9H2,1H3,(H2,22,23)(H2,24,25,26,27). The average molecular weight is 383 g/mol. The van der Waals surface area contributed by atoms with Gasteiger partial charge in [-0.3, -0.25) is 0 Å². The summed E-state index contributed by atoms with van der Waals surface area (Å²) in [6.45, 7) is 1.99. The summed E-state index contributed by atoms with van der Waals surface area (Å²) in [6.07, 6.45) is 3.49. The molecule has 1 aromatic carbocycles. The van der Waals surface area contributed by atoms with Crippen molar-refractivity contribution in [2.24, 2.45) is 0 Å². The topological polar surface area (TPSA) is 92.5 Å². The lowest BCUT2D eigenvalue weighted by Gasteiger charge is -2.11. The van der Waals surface area contributed by atoms with Gasteiger partial charge >= 0.3 is 0 Å². The second-order valence-corrected chi connectivity index (χ2v) is 6.48. The highest BCUT2D eigenvalue weighted by molar-refractivity contribution is 6.31. The Labute approximate surface area is 159 Å². The SMILES string of the molecule is Cc1nc(NCc2c(F)cccc2Cl)c2c(-c3ccnc(N)c3)c[nH]c2n1. The fraction of sp³-hybridized carbons (Fsp3) is 0.105. The second kappa shape index (κ2) is 6.85. The maximum Gasteiger partial charge on any atom is 0.143 e. The van der Waals surface area contributed by atoms with Crippen molar-refractivity contribution in [2.75, 3.05) is 11.1 Å². The second-order valence-electron chi connectivity index (χ2n) is 6.07. The molecule has 0 unspecified atom stereocenters. The molecule has 27 heavy (non-hydrogen) atoms. The molecular formula is C19H16ClFN6. The summed E-state index contributed by atoms with van der Waals surface area (Å²) in [5.74, 6) is 1.23. The molecule has 4 rings (SSSR count). The van der Waals surface area contributed by atoms with E-state index in [1.807, 2.05) is 12.3 Å². The van der Waals surface area contributed by atoms with E-state index in [0.29, 0.717) is 33.7 Å². The first-order chi connectivity index (χ1) is 13.0. The highest BCUT2D eigenvalue weighted by Crippen LogP contribution is 2.33. The van der Waals surface area contributed by atoms with Crippen molar-refractivity contribution in [2.45, 2.75) is 13.5 Å². The Kier molecular flexibility index (Phi) is 4.37. The normalized spacial score (nSPS) is 11.1. The third-order valence-electron chi connectivity index (χ3n) is 4.23. The van der Waals surface area contributed by atoms with Gasteiger partial charge in [0.05, 0.1) is 5.39 Å². The molecule has 0 amide bonds. The molecule has 136 valence electrons. The van der Waals surface area contributed by atoms with Crippen molar-refractivity contribution in [1.82, 2.24) is 19.9 Å². The molecule has 0 spiro atoms. The Morgan fingerprint density at radius 3 is 2.89 bits per heavy atom. The molecule has 0 saturated heterocycles. The van der Waals surface area contributed by atoms with Crippen LogP contribution in [0.5, 0.6) is 0 Å². The molecule has 0 aliphatic carbocycles. The Hall–Kier alpha value is -3.19. The van der Waals surface area contributed by atoms with Crippen LogP contribution < -0.4 is 11.1 Å². The number of nitrogens with two attached hydrogens (primary N) is 1. The minimum Gasteiger partial charge on any atom is -0.384 e. The zero-order valence-corrected chi connectivity index (χ0v) is 15.2. The summed E-state index contributed by atoms with van der Waals surface area (Å²) in [5.41, 5.74) is 8.63. The van der Waals surface area contributed by atoms with Crippen LogP contribution in [0.4, 0.5) is 16.0 Å². The van der Waals surface area contributed by atoms with E-state index in [1.165, 1.54) is 6.07 Å². The first-order valence-corrected chi connectivity index (χ1v) is 8.65. The zero-order chi connectivity index (χ0) is 19.0. The van der Waals surface area contributed by atoms with Gasteiger partial charge in [-0.25, -0.2) is 19.3 Å². The van der Waals surface area contributed by atoms with Gasteiger partial charge in [-0.15, -0.1) is 0 Å². The number of nitrogen functional groups attached to an aromatic ring is 1. The Morgan fingerprint density at radius 2 is 2.11 bits per heavy atom. The number of fused-ring (bicyclic) bond motifs is 1. The minimum absolute atomic E-state index is 0.195. The van der Waals surface area contributed by atoms with E-state index in [1.54, 1.807) is 31.3 Å². The number of aromatic nitrogens is 4. The number of pyridine rings is 1. The van der Waals surface area contributed by atoms with Gasteiger partial charge < -0.3 is 16.0 Å². The fourth-order valence-electron chi connectivity index (χ4n) is 2.99. The van der Waals surface area contributed by atoms with Gasteiger partial charge in [0.15, 0.2) is 0 Å². The largest absolute Gasteiger partial charge is 0.384 e. The molecule has 4 N–H and O–H groups in total. The first kappa shape index (κ1) is 17.2. The van der Waals surface area contributed by atoms with E-state index in [2.05, 4.69) is 25.3 Å². The number of benzene rings is 1. The number of H-pyrrole nitrogens is 1. The summed E-state index contributed by atoms with van der Waals surface area (Å²) < 4.78 is 14.1. The predicted molar refractivity (Wildman–Crippen MR) is 105 cm³/mol. The van der Waals surface area contributed by atoms with Crippen LogP contribution in [0.25, 0.3) is 22.2 Å². The molecule has 8 heteroatoms.